The van der Waals surface area contributed by atoms with Crippen molar-refractivity contribution in [1.82, 2.24) is 19.6 Å². The van der Waals surface area contributed by atoms with Crippen molar-refractivity contribution in [2.45, 2.75) is 12.5 Å². The summed E-state index contributed by atoms with van der Waals surface area (Å²) in [5, 5.41) is 7.67. The molecule has 0 bridgehead atoms. The number of nitrogens with zero attached hydrogens (tertiary/aromatic N) is 5. The summed E-state index contributed by atoms with van der Waals surface area (Å²) in [6.07, 6.45) is 6.00. The Balaban J connectivity index is 1.54. The predicted octanol–water partition coefficient (Wildman–Crippen LogP) is 3.35. The lowest BCUT2D eigenvalue weighted by molar-refractivity contribution is 0.588. The second-order valence-corrected chi connectivity index (χ2v) is 7.25. The van der Waals surface area contributed by atoms with Crippen molar-refractivity contribution in [1.29, 1.82) is 0 Å². The van der Waals surface area contributed by atoms with Gasteiger partial charge in [0.2, 0.25) is 5.95 Å². The lowest BCUT2D eigenvalue weighted by atomic mass is 10.1. The van der Waals surface area contributed by atoms with Crippen molar-refractivity contribution in [2.24, 2.45) is 5.73 Å². The van der Waals surface area contributed by atoms with Gasteiger partial charge in [-0.15, -0.1) is 0 Å². The Morgan fingerprint density at radius 1 is 1.07 bits per heavy atom. The van der Waals surface area contributed by atoms with E-state index >= 15 is 0 Å². The van der Waals surface area contributed by atoms with E-state index in [-0.39, 0.29) is 17.3 Å². The fourth-order valence-corrected chi connectivity index (χ4v) is 3.73. The van der Waals surface area contributed by atoms with Crippen LogP contribution in [-0.2, 0) is 0 Å². The van der Waals surface area contributed by atoms with Crippen LogP contribution in [0.3, 0.4) is 0 Å². The molecule has 1 atom stereocenters. The highest BCUT2D eigenvalue weighted by Gasteiger charge is 2.22. The van der Waals surface area contributed by atoms with Gasteiger partial charge in [-0.2, -0.15) is 9.61 Å². The number of halogens is 2. The van der Waals surface area contributed by atoms with Gasteiger partial charge in [0, 0.05) is 25.3 Å². The molecule has 4 heterocycles. The van der Waals surface area contributed by atoms with Crippen LogP contribution in [0.25, 0.3) is 16.8 Å². The van der Waals surface area contributed by atoms with Gasteiger partial charge in [-0.05, 0) is 36.8 Å². The van der Waals surface area contributed by atoms with Crippen LogP contribution < -0.4 is 16.0 Å². The number of pyridine rings is 1. The zero-order valence-electron chi connectivity index (χ0n) is 16.0. The summed E-state index contributed by atoms with van der Waals surface area (Å²) in [7, 11) is 0. The van der Waals surface area contributed by atoms with Crippen molar-refractivity contribution in [3.8, 4) is 11.3 Å². The van der Waals surface area contributed by atoms with E-state index in [0.717, 1.165) is 30.9 Å². The number of hydrogen-bond acceptors (Lipinski definition) is 6. The van der Waals surface area contributed by atoms with Gasteiger partial charge in [0.25, 0.3) is 0 Å². The van der Waals surface area contributed by atoms with Gasteiger partial charge in [0.15, 0.2) is 0 Å². The Morgan fingerprint density at radius 2 is 1.90 bits per heavy atom. The minimum Gasteiger partial charge on any atom is -0.368 e. The van der Waals surface area contributed by atoms with Crippen LogP contribution in [0.1, 0.15) is 6.42 Å². The average Bonchev–Trinajstić information content (AvgIpc) is 3.35. The molecular formula is C21H19F2N7. The zero-order valence-corrected chi connectivity index (χ0v) is 16.0. The maximum absolute atomic E-state index is 14.2. The highest BCUT2D eigenvalue weighted by molar-refractivity contribution is 5.74. The Kier molecular flexibility index (Phi) is 4.51. The third-order valence-electron chi connectivity index (χ3n) is 5.21. The van der Waals surface area contributed by atoms with E-state index in [1.807, 2.05) is 6.07 Å². The van der Waals surface area contributed by atoms with E-state index in [9.17, 15) is 8.78 Å². The molecule has 1 aliphatic heterocycles. The molecular weight excluding hydrogens is 388 g/mol. The average molecular weight is 407 g/mol. The van der Waals surface area contributed by atoms with Crippen LogP contribution in [0.4, 0.5) is 26.1 Å². The van der Waals surface area contributed by atoms with Crippen molar-refractivity contribution in [3.63, 3.8) is 0 Å². The summed E-state index contributed by atoms with van der Waals surface area (Å²) in [6, 6.07) is 9.09. The molecule has 1 saturated heterocycles. The lowest BCUT2D eigenvalue weighted by Crippen LogP contribution is -2.26. The van der Waals surface area contributed by atoms with Crippen molar-refractivity contribution < 1.29 is 8.78 Å². The van der Waals surface area contributed by atoms with Crippen LogP contribution in [-0.4, -0.2) is 38.7 Å². The first-order valence-electron chi connectivity index (χ1n) is 9.61. The molecule has 7 nitrogen and oxygen atoms in total. The van der Waals surface area contributed by atoms with Crippen LogP contribution in [0, 0.1) is 11.6 Å². The van der Waals surface area contributed by atoms with Gasteiger partial charge >= 0.3 is 0 Å². The monoisotopic (exact) mass is 407 g/mol. The Labute approximate surface area is 171 Å². The highest BCUT2D eigenvalue weighted by Crippen LogP contribution is 2.30. The summed E-state index contributed by atoms with van der Waals surface area (Å²) >= 11 is 0. The molecule has 30 heavy (non-hydrogen) atoms. The number of hydrogen-bond donors (Lipinski definition) is 2. The topological polar surface area (TPSA) is 84.4 Å². The minimum atomic E-state index is -0.670. The fourth-order valence-electron chi connectivity index (χ4n) is 3.73. The molecule has 0 amide bonds. The maximum Gasteiger partial charge on any atom is 0.229 e. The second kappa shape index (κ2) is 7.34. The summed E-state index contributed by atoms with van der Waals surface area (Å²) in [6.45, 7) is 1.62. The van der Waals surface area contributed by atoms with Crippen LogP contribution >= 0.6 is 0 Å². The first kappa shape index (κ1) is 18.4. The van der Waals surface area contributed by atoms with Crippen molar-refractivity contribution in [3.05, 3.63) is 66.6 Å². The third kappa shape index (κ3) is 3.22. The number of nitrogens with two attached hydrogens (primary N) is 1. The normalized spacial score (nSPS) is 16.4. The van der Waals surface area contributed by atoms with Crippen molar-refractivity contribution in [2.75, 3.05) is 23.3 Å². The van der Waals surface area contributed by atoms with Gasteiger partial charge in [-0.25, -0.2) is 13.8 Å². The molecule has 9 heteroatoms. The number of rotatable bonds is 4. The van der Waals surface area contributed by atoms with Gasteiger partial charge in [0.05, 0.1) is 40.5 Å². The van der Waals surface area contributed by atoms with E-state index in [1.54, 1.807) is 30.7 Å². The molecule has 4 aromatic rings. The smallest absolute Gasteiger partial charge is 0.229 e. The standard InChI is InChI=1S/C21H19F2N7/c22-15-2-1-3-16(23)20(15)17-5-4-14-10-26-21(30(14)28-17)27-18-11-25-8-6-19(18)29-9-7-13(24)12-29/h1-6,8,10-11,13H,7,9,12,24H2,(H,26,27)/t13-/m0/s1. The Hall–Kier alpha value is -3.59. The molecule has 0 unspecified atom stereocenters. The van der Waals surface area contributed by atoms with Crippen molar-refractivity contribution >= 4 is 22.8 Å². The minimum absolute atomic E-state index is 0.137. The number of imidazole rings is 1. The molecule has 1 aromatic carbocycles. The summed E-state index contributed by atoms with van der Waals surface area (Å²) in [5.41, 5.74) is 8.46. The SMILES string of the molecule is N[C@H]1CCN(c2ccncc2Nc2ncc3ccc(-c4c(F)cccc4F)nn23)C1. The molecule has 1 fully saturated rings. The number of anilines is 3. The Morgan fingerprint density at radius 3 is 2.67 bits per heavy atom. The maximum atomic E-state index is 14.2. The third-order valence-corrected chi connectivity index (χ3v) is 5.21. The molecule has 0 aliphatic carbocycles. The van der Waals surface area contributed by atoms with Crippen LogP contribution in [0.2, 0.25) is 0 Å². The van der Waals surface area contributed by atoms with Gasteiger partial charge in [-0.1, -0.05) is 6.07 Å². The quantitative estimate of drug-likeness (QED) is 0.540. The molecule has 5 rings (SSSR count). The Bertz CT molecular complexity index is 1200. The van der Waals surface area contributed by atoms with E-state index in [1.165, 1.54) is 22.7 Å². The molecule has 3 N–H and O–H groups in total. The fraction of sp³-hybridized carbons (Fsp3) is 0.190. The van der Waals surface area contributed by atoms with Crippen LogP contribution in [0.15, 0.2) is 55.0 Å². The first-order valence-corrected chi connectivity index (χ1v) is 9.61. The lowest BCUT2D eigenvalue weighted by Gasteiger charge is -2.21. The molecule has 0 radical (unpaired) electrons. The summed E-state index contributed by atoms with van der Waals surface area (Å²) in [5.74, 6) is -0.922. The highest BCUT2D eigenvalue weighted by atomic mass is 19.1. The van der Waals surface area contributed by atoms with Gasteiger partial charge in [0.1, 0.15) is 11.6 Å². The molecule has 0 spiro atoms. The molecule has 3 aromatic heterocycles. The van der Waals surface area contributed by atoms with Gasteiger partial charge < -0.3 is 16.0 Å². The summed E-state index contributed by atoms with van der Waals surface area (Å²) in [4.78, 5) is 10.8. The number of aromatic nitrogens is 4. The number of benzene rings is 1. The van der Waals surface area contributed by atoms with Gasteiger partial charge in [-0.3, -0.25) is 4.98 Å². The molecule has 152 valence electrons. The zero-order chi connectivity index (χ0) is 20.7. The number of fused-ring (bicyclic) bond motifs is 1. The predicted molar refractivity (Wildman–Crippen MR) is 111 cm³/mol. The largest absolute Gasteiger partial charge is 0.368 e. The molecule has 0 saturated carbocycles. The van der Waals surface area contributed by atoms with E-state index in [4.69, 9.17) is 5.73 Å². The van der Waals surface area contributed by atoms with E-state index in [0.29, 0.717) is 11.5 Å². The second-order valence-electron chi connectivity index (χ2n) is 7.25. The van der Waals surface area contributed by atoms with Crippen LogP contribution in [0.5, 0.6) is 0 Å². The van der Waals surface area contributed by atoms with E-state index in [2.05, 4.69) is 25.3 Å². The molecule has 1 aliphatic rings. The van der Waals surface area contributed by atoms with E-state index < -0.39 is 11.6 Å². The first-order chi connectivity index (χ1) is 14.6. The number of nitrogens with one attached hydrogen (secondary N) is 1. The summed E-state index contributed by atoms with van der Waals surface area (Å²) < 4.78 is 30.0.